The van der Waals surface area contributed by atoms with Gasteiger partial charge in [0.05, 0.1) is 6.20 Å². The fourth-order valence-corrected chi connectivity index (χ4v) is 2.66. The van der Waals surface area contributed by atoms with Crippen molar-refractivity contribution in [2.45, 2.75) is 25.9 Å². The Kier molecular flexibility index (Phi) is 9.00. The van der Waals surface area contributed by atoms with Gasteiger partial charge >= 0.3 is 0 Å². The second-order valence-electron chi connectivity index (χ2n) is 5.62. The summed E-state index contributed by atoms with van der Waals surface area (Å²) in [5, 5.41) is 7.25. The van der Waals surface area contributed by atoms with Crippen LogP contribution >= 0.6 is 24.8 Å². The number of amides is 1. The van der Waals surface area contributed by atoms with E-state index in [-0.39, 0.29) is 36.8 Å². The van der Waals surface area contributed by atoms with Gasteiger partial charge in [-0.1, -0.05) is 0 Å². The second-order valence-corrected chi connectivity index (χ2v) is 5.62. The van der Waals surface area contributed by atoms with Crippen LogP contribution in [0.1, 0.15) is 25.5 Å². The molecule has 1 aromatic heterocycles. The molecule has 1 aromatic rings. The highest BCUT2D eigenvalue weighted by atomic mass is 35.5. The van der Waals surface area contributed by atoms with Crippen molar-refractivity contribution in [1.82, 2.24) is 24.9 Å². The van der Waals surface area contributed by atoms with Gasteiger partial charge in [-0.15, -0.1) is 24.8 Å². The molecule has 1 aliphatic rings. The number of halogens is 2. The molecule has 22 heavy (non-hydrogen) atoms. The second kappa shape index (κ2) is 9.35. The molecule has 1 aliphatic heterocycles. The van der Waals surface area contributed by atoms with Crippen LogP contribution in [0.4, 0.5) is 0 Å². The zero-order chi connectivity index (χ0) is 14.7. The molecule has 1 unspecified atom stereocenters. The highest BCUT2D eigenvalue weighted by molar-refractivity contribution is 5.85. The molecule has 0 bridgehead atoms. The Labute approximate surface area is 145 Å². The van der Waals surface area contributed by atoms with Crippen LogP contribution in [0.25, 0.3) is 0 Å². The fraction of sp³-hybridized carbons (Fsp3) is 0.714. The van der Waals surface area contributed by atoms with Crippen molar-refractivity contribution >= 4 is 30.7 Å². The summed E-state index contributed by atoms with van der Waals surface area (Å²) in [5.74, 6) is 0.143. The van der Waals surface area contributed by atoms with Crippen LogP contribution in [0.2, 0.25) is 0 Å². The van der Waals surface area contributed by atoms with Gasteiger partial charge in [0.25, 0.3) is 0 Å². The van der Waals surface area contributed by atoms with E-state index in [0.717, 1.165) is 31.7 Å². The van der Waals surface area contributed by atoms with E-state index in [0.29, 0.717) is 6.04 Å². The van der Waals surface area contributed by atoms with Gasteiger partial charge in [-0.3, -0.25) is 14.4 Å². The Morgan fingerprint density at radius 2 is 1.82 bits per heavy atom. The minimum Gasteiger partial charge on any atom is -0.338 e. The van der Waals surface area contributed by atoms with Gasteiger partial charge in [-0.25, -0.2) is 0 Å². The first-order valence-corrected chi connectivity index (χ1v) is 7.21. The summed E-state index contributed by atoms with van der Waals surface area (Å²) in [6, 6.07) is 0.250. The number of nitrogens with zero attached hydrogens (tertiary/aromatic N) is 4. The first kappa shape index (κ1) is 21.2. The predicted molar refractivity (Wildman–Crippen MR) is 92.8 cm³/mol. The monoisotopic (exact) mass is 351 g/mol. The Hall–Kier alpha value is -0.820. The molecule has 2 heterocycles. The van der Waals surface area contributed by atoms with Crippen molar-refractivity contribution in [3.63, 3.8) is 0 Å². The molecular weight excluding hydrogens is 325 g/mol. The molecule has 1 atom stereocenters. The van der Waals surface area contributed by atoms with Crippen LogP contribution in [0.15, 0.2) is 12.4 Å². The van der Waals surface area contributed by atoms with Crippen molar-refractivity contribution in [1.29, 1.82) is 0 Å². The van der Waals surface area contributed by atoms with Gasteiger partial charge in [-0.05, 0) is 20.9 Å². The first-order chi connectivity index (χ1) is 9.52. The molecule has 0 aliphatic carbocycles. The lowest BCUT2D eigenvalue weighted by atomic mass is 10.1. The van der Waals surface area contributed by atoms with Crippen LogP contribution in [0.3, 0.4) is 0 Å². The smallest absolute Gasteiger partial charge is 0.244 e. The van der Waals surface area contributed by atoms with Crippen molar-refractivity contribution in [2.75, 3.05) is 33.2 Å². The average molecular weight is 352 g/mol. The Morgan fingerprint density at radius 1 is 1.23 bits per heavy atom. The molecule has 128 valence electrons. The molecule has 0 aromatic carbocycles. The molecule has 0 radical (unpaired) electrons. The van der Waals surface area contributed by atoms with Crippen LogP contribution in [-0.2, 0) is 11.8 Å². The quantitative estimate of drug-likeness (QED) is 0.881. The van der Waals surface area contributed by atoms with Gasteiger partial charge < -0.3 is 10.2 Å². The molecule has 1 saturated heterocycles. The zero-order valence-corrected chi connectivity index (χ0v) is 15.3. The largest absolute Gasteiger partial charge is 0.338 e. The summed E-state index contributed by atoms with van der Waals surface area (Å²) in [6.45, 7) is 7.90. The van der Waals surface area contributed by atoms with E-state index in [1.165, 1.54) is 0 Å². The summed E-state index contributed by atoms with van der Waals surface area (Å²) >= 11 is 0. The van der Waals surface area contributed by atoms with Crippen LogP contribution in [-0.4, -0.2) is 64.8 Å². The molecule has 6 nitrogen and oxygen atoms in total. The van der Waals surface area contributed by atoms with Crippen LogP contribution in [0.5, 0.6) is 0 Å². The molecule has 8 heteroatoms. The van der Waals surface area contributed by atoms with Gasteiger partial charge in [-0.2, -0.15) is 5.10 Å². The number of carbonyl (C=O) groups excluding carboxylic acids is 1. The van der Waals surface area contributed by atoms with Gasteiger partial charge in [0.15, 0.2) is 0 Å². The van der Waals surface area contributed by atoms with Gasteiger partial charge in [0.1, 0.15) is 6.04 Å². The Bertz CT molecular complexity index is 458. The van der Waals surface area contributed by atoms with Crippen molar-refractivity contribution in [3.8, 4) is 0 Å². The summed E-state index contributed by atoms with van der Waals surface area (Å²) in [7, 11) is 3.68. The van der Waals surface area contributed by atoms with E-state index in [2.05, 4.69) is 29.2 Å². The standard InChI is InChI=1S/C14H25N5O.2ClH/c1-11(2)18-5-7-19(8-6-18)14(20)13(15-3)12-9-16-17(4)10-12;;/h9-11,13,15H,5-8H2,1-4H3;2*1H. The van der Waals surface area contributed by atoms with Crippen molar-refractivity contribution in [2.24, 2.45) is 7.05 Å². The maximum absolute atomic E-state index is 12.6. The van der Waals surface area contributed by atoms with Crippen molar-refractivity contribution in [3.05, 3.63) is 18.0 Å². The normalized spacial score (nSPS) is 16.9. The minimum atomic E-state index is -0.297. The highest BCUT2D eigenvalue weighted by Crippen LogP contribution is 2.16. The zero-order valence-electron chi connectivity index (χ0n) is 13.7. The summed E-state index contributed by atoms with van der Waals surface area (Å²) in [4.78, 5) is 17.0. The van der Waals surface area contributed by atoms with Gasteiger partial charge in [0, 0.05) is 51.0 Å². The van der Waals surface area contributed by atoms with E-state index in [4.69, 9.17) is 0 Å². The SMILES string of the molecule is CNC(C(=O)N1CCN(C(C)C)CC1)c1cnn(C)c1.Cl.Cl. The molecule has 1 N–H and O–H groups in total. The topological polar surface area (TPSA) is 53.4 Å². The molecule has 1 amide bonds. The lowest BCUT2D eigenvalue weighted by Crippen LogP contribution is -2.52. The van der Waals surface area contributed by atoms with Crippen molar-refractivity contribution < 1.29 is 4.79 Å². The van der Waals surface area contributed by atoms with Crippen LogP contribution < -0.4 is 5.32 Å². The maximum atomic E-state index is 12.6. The third kappa shape index (κ3) is 4.84. The Balaban J connectivity index is 0.00000220. The minimum absolute atomic E-state index is 0. The number of aromatic nitrogens is 2. The van der Waals surface area contributed by atoms with E-state index in [1.807, 2.05) is 25.2 Å². The number of rotatable bonds is 4. The van der Waals surface area contributed by atoms with Gasteiger partial charge in [0.2, 0.25) is 5.91 Å². The van der Waals surface area contributed by atoms with E-state index >= 15 is 0 Å². The lowest BCUT2D eigenvalue weighted by molar-refractivity contribution is -0.135. The molecule has 0 spiro atoms. The number of nitrogens with one attached hydrogen (secondary N) is 1. The molecule has 0 saturated carbocycles. The highest BCUT2D eigenvalue weighted by Gasteiger charge is 2.28. The number of piperazine rings is 1. The van der Waals surface area contributed by atoms with E-state index in [9.17, 15) is 4.79 Å². The summed E-state index contributed by atoms with van der Waals surface area (Å²) in [6.07, 6.45) is 3.65. The average Bonchev–Trinajstić information content (AvgIpc) is 2.86. The van der Waals surface area contributed by atoms with E-state index < -0.39 is 0 Å². The number of hydrogen-bond donors (Lipinski definition) is 1. The Morgan fingerprint density at radius 3 is 2.23 bits per heavy atom. The number of hydrogen-bond acceptors (Lipinski definition) is 4. The summed E-state index contributed by atoms with van der Waals surface area (Å²) in [5.41, 5.74) is 0.922. The van der Waals surface area contributed by atoms with Crippen LogP contribution in [0, 0.1) is 0 Å². The molecule has 1 fully saturated rings. The lowest BCUT2D eigenvalue weighted by Gasteiger charge is -2.38. The first-order valence-electron chi connectivity index (χ1n) is 7.21. The molecule has 2 rings (SSSR count). The predicted octanol–water partition coefficient (Wildman–Crippen LogP) is 1.08. The number of aryl methyl sites for hydroxylation is 1. The number of carbonyl (C=O) groups is 1. The number of likely N-dealkylation sites (N-methyl/N-ethyl adjacent to an activating group) is 1. The van der Waals surface area contributed by atoms with E-state index in [1.54, 1.807) is 10.9 Å². The fourth-order valence-electron chi connectivity index (χ4n) is 2.66. The maximum Gasteiger partial charge on any atom is 0.244 e. The third-order valence-electron chi connectivity index (χ3n) is 3.95. The summed E-state index contributed by atoms with van der Waals surface area (Å²) < 4.78 is 1.73. The molecular formula is C14H27Cl2N5O. The third-order valence-corrected chi connectivity index (χ3v) is 3.95.